The zero-order valence-electron chi connectivity index (χ0n) is 15.7. The highest BCUT2D eigenvalue weighted by atomic mass is 28.4. The molecule has 29 heavy (non-hydrogen) atoms. The van der Waals surface area contributed by atoms with Gasteiger partial charge in [-0.05, 0) is 19.8 Å². The first-order chi connectivity index (χ1) is 14.0. The first-order valence-electron chi connectivity index (χ1n) is 8.39. The fourth-order valence-corrected chi connectivity index (χ4v) is 3.58. The van der Waals surface area contributed by atoms with Crippen molar-refractivity contribution in [2.45, 2.75) is 0 Å². The maximum absolute atomic E-state index is 8.58. The SMILES string of the molecule is C1=C[F+][AlH][CH]=C1.C1=C[F+][AlH][CH]=C1.C1=C[F+][AlH][CH]=C1.C1=C[F+][AlH][CH]=C1.[O-][Si]([O-])([O-])[O-]. The van der Waals surface area contributed by atoms with Crippen LogP contribution in [0.5, 0.6) is 0 Å². The molecule has 0 aromatic carbocycles. The lowest BCUT2D eigenvalue weighted by atomic mass is 10.6. The van der Waals surface area contributed by atoms with Crippen LogP contribution < -0.4 is 19.2 Å². The average molecular weight is 488 g/mol. The van der Waals surface area contributed by atoms with Gasteiger partial charge in [0.2, 0.25) is 25.3 Å². The minimum atomic E-state index is -5.61. The Hall–Kier alpha value is -0.173. The molecule has 4 nitrogen and oxygen atoms in total. The molecule has 0 amide bonds. The lowest BCUT2D eigenvalue weighted by Crippen LogP contribution is -2.82. The quantitative estimate of drug-likeness (QED) is 0.264. The third-order valence-corrected chi connectivity index (χ3v) is 5.58. The number of halogens is 4. The van der Waals surface area contributed by atoms with Gasteiger partial charge in [0.05, 0.1) is 0 Å². The van der Waals surface area contributed by atoms with E-state index in [1.165, 1.54) is 0 Å². The molecule has 0 aliphatic carbocycles. The molecule has 4 rings (SSSR count). The Bertz CT molecular complexity index is 483. The maximum atomic E-state index is 8.58. The second-order valence-electron chi connectivity index (χ2n) is 4.72. The highest BCUT2D eigenvalue weighted by Crippen LogP contribution is 1.87. The van der Waals surface area contributed by atoms with E-state index in [9.17, 15) is 0 Å². The van der Waals surface area contributed by atoms with Crippen LogP contribution in [0, 0.1) is 12.8 Å². The van der Waals surface area contributed by atoms with Crippen LogP contribution in [0.1, 0.15) is 0 Å². The molecule has 0 fully saturated rings. The van der Waals surface area contributed by atoms with Gasteiger partial charge in [0.25, 0.3) is 0 Å². The monoisotopic (exact) mass is 488 g/mol. The van der Waals surface area contributed by atoms with Crippen LogP contribution in [0.3, 0.4) is 0 Å². The van der Waals surface area contributed by atoms with Gasteiger partial charge in [-0.1, -0.05) is 24.3 Å². The molecule has 4 aliphatic rings. The Labute approximate surface area is 196 Å². The van der Waals surface area contributed by atoms with E-state index in [-0.39, 0.29) is 62.7 Å². The summed E-state index contributed by atoms with van der Waals surface area (Å²) in [6.45, 7) is 0. The molecule has 0 unspecified atom stereocenters. The molecule has 4 heterocycles. The molecule has 0 radical (unpaired) electrons. The van der Waals surface area contributed by atoms with Gasteiger partial charge < -0.3 is 41.1 Å². The summed E-state index contributed by atoms with van der Waals surface area (Å²) in [5.74, 6) is 0. The summed E-state index contributed by atoms with van der Waals surface area (Å²) in [6, 6.07) is 0. The van der Waals surface area contributed by atoms with Gasteiger partial charge in [-0.3, -0.25) is 0 Å². The molecule has 0 bridgehead atoms. The van der Waals surface area contributed by atoms with Crippen LogP contribution in [0.4, 0.5) is 0 Å². The van der Waals surface area contributed by atoms with Gasteiger partial charge in [0.1, 0.15) is 0 Å². The predicted octanol–water partition coefficient (Wildman–Crippen LogP) is -3.28. The lowest BCUT2D eigenvalue weighted by molar-refractivity contribution is -0.624. The van der Waals surface area contributed by atoms with Gasteiger partial charge in [-0.15, -0.1) is 0 Å². The molecule has 0 saturated heterocycles. The third kappa shape index (κ3) is 32.7. The minimum Gasteiger partial charge on any atom is -0.894 e. The maximum Gasteiger partial charge on any atom is 0.939 e. The van der Waals surface area contributed by atoms with Crippen molar-refractivity contribution >= 4 is 71.8 Å². The van der Waals surface area contributed by atoms with Gasteiger partial charge in [-0.25, -0.2) is 0 Å². The van der Waals surface area contributed by atoms with Crippen molar-refractivity contribution in [1.29, 1.82) is 0 Å². The zero-order chi connectivity index (χ0) is 21.5. The summed E-state index contributed by atoms with van der Waals surface area (Å²) in [6.07, 6.45) is 21.8. The van der Waals surface area contributed by atoms with E-state index < -0.39 is 9.05 Å². The van der Waals surface area contributed by atoms with E-state index in [1.807, 2.05) is 68.4 Å². The van der Waals surface area contributed by atoms with Crippen LogP contribution >= 0.6 is 0 Å². The Morgan fingerprint density at radius 3 is 0.655 bits per heavy atom. The largest absolute Gasteiger partial charge is 0.939 e. The molecular weight excluding hydrogens is 468 g/mol. The second-order valence-corrected chi connectivity index (χ2v) is 10.1. The van der Waals surface area contributed by atoms with E-state index in [0.29, 0.717) is 0 Å². The summed E-state index contributed by atoms with van der Waals surface area (Å²) < 4.78 is 23.3. The highest BCUT2D eigenvalue weighted by molar-refractivity contribution is 6.38. The first-order valence-corrected chi connectivity index (χ1v) is 15.4. The standard InChI is InChI=1S/4C4H4F.4Al.O4Si.4H/c4*1-2-3-4-5;;;;;1-5(2,3)4;;;;/h4*1-4H;;;;;;;;;/q;;;;4*+1;-4;;;;. The van der Waals surface area contributed by atoms with Crippen molar-refractivity contribution in [2.24, 2.45) is 0 Å². The second kappa shape index (κ2) is 22.5. The van der Waals surface area contributed by atoms with E-state index in [1.54, 1.807) is 25.3 Å². The summed E-state index contributed by atoms with van der Waals surface area (Å²) in [4.78, 5) is 42.5. The van der Waals surface area contributed by atoms with Gasteiger partial charge in [-0.2, -0.15) is 0 Å². The molecule has 0 aromatic rings. The van der Waals surface area contributed by atoms with Crippen molar-refractivity contribution in [3.8, 4) is 0 Å². The van der Waals surface area contributed by atoms with Crippen molar-refractivity contribution in [3.63, 3.8) is 0 Å². The normalized spacial score (nSPS) is 16.4. The van der Waals surface area contributed by atoms with Crippen molar-refractivity contribution in [3.05, 3.63) is 93.7 Å². The van der Waals surface area contributed by atoms with Crippen LogP contribution in [0.25, 0.3) is 0 Å². The summed E-state index contributed by atoms with van der Waals surface area (Å²) in [5.41, 5.74) is 0. The van der Waals surface area contributed by atoms with Crippen LogP contribution in [-0.4, -0.2) is 71.8 Å². The van der Waals surface area contributed by atoms with E-state index >= 15 is 0 Å². The average Bonchev–Trinajstić information content (AvgIpc) is 2.79. The fraction of sp³-hybridized carbons (Fsp3) is 0. The smallest absolute Gasteiger partial charge is 0.894 e. The molecule has 0 N–H and O–H groups in total. The van der Waals surface area contributed by atoms with Crippen molar-refractivity contribution in [2.75, 3.05) is 0 Å². The Morgan fingerprint density at radius 1 is 0.414 bits per heavy atom. The highest BCUT2D eigenvalue weighted by Gasteiger charge is 2.09. The van der Waals surface area contributed by atoms with Crippen LogP contribution in [0.2, 0.25) is 0 Å². The Balaban J connectivity index is 0.000000339. The third-order valence-electron chi connectivity index (χ3n) is 2.35. The minimum absolute atomic E-state index is 0.384. The van der Waals surface area contributed by atoms with Gasteiger partial charge in [0.15, 0.2) is 0 Å². The molecular formula is C16H20Al4F4O4Si. The van der Waals surface area contributed by atoms with E-state index in [4.69, 9.17) is 32.0 Å². The van der Waals surface area contributed by atoms with E-state index in [0.717, 1.165) is 0 Å². The molecule has 0 spiro atoms. The molecule has 0 saturated carbocycles. The molecule has 0 aromatic heterocycles. The van der Waals surface area contributed by atoms with Crippen molar-refractivity contribution in [1.82, 2.24) is 0 Å². The number of hydrogen-bond donors (Lipinski definition) is 0. The summed E-state index contributed by atoms with van der Waals surface area (Å²) in [5, 5.41) is 0. The fourth-order valence-electron chi connectivity index (χ4n) is 1.31. The number of allylic oxidation sites excluding steroid dienone is 8. The Morgan fingerprint density at radius 2 is 0.621 bits per heavy atom. The topological polar surface area (TPSA) is 92.2 Å². The lowest BCUT2D eigenvalue weighted by Gasteiger charge is -2.67. The van der Waals surface area contributed by atoms with Gasteiger partial charge >= 0.3 is 62.7 Å². The first kappa shape index (κ1) is 28.8. The summed E-state index contributed by atoms with van der Waals surface area (Å²) >= 11 is -1.54. The number of rotatable bonds is 0. The van der Waals surface area contributed by atoms with Crippen molar-refractivity contribution < 1.29 is 32.0 Å². The molecule has 4 aliphatic heterocycles. The number of hydrogen-bond acceptors (Lipinski definition) is 4. The predicted molar refractivity (Wildman–Crippen MR) is 107 cm³/mol. The molecule has 0 atom stereocenters. The van der Waals surface area contributed by atoms with Gasteiger partial charge in [0, 0.05) is 24.3 Å². The molecule has 13 heteroatoms. The van der Waals surface area contributed by atoms with E-state index in [2.05, 4.69) is 0 Å². The summed E-state index contributed by atoms with van der Waals surface area (Å²) in [7, 11) is -5.61. The zero-order valence-corrected chi connectivity index (χ0v) is 22.4. The molecule has 152 valence electrons. The van der Waals surface area contributed by atoms with Crippen LogP contribution in [-0.2, 0) is 0 Å². The Kier molecular flexibility index (Phi) is 22.4. The van der Waals surface area contributed by atoms with Crippen LogP contribution in [0.15, 0.2) is 93.7 Å².